The van der Waals surface area contributed by atoms with Gasteiger partial charge in [0.1, 0.15) is 11.6 Å². The van der Waals surface area contributed by atoms with Crippen LogP contribution in [0.5, 0.6) is 0 Å². The first-order valence-electron chi connectivity index (χ1n) is 4.81. The van der Waals surface area contributed by atoms with Crippen molar-refractivity contribution in [2.24, 2.45) is 0 Å². The summed E-state index contributed by atoms with van der Waals surface area (Å²) in [5, 5.41) is 13.5. The predicted molar refractivity (Wildman–Crippen MR) is 68.9 cm³/mol. The molecule has 1 N–H and O–H groups in total. The van der Waals surface area contributed by atoms with Gasteiger partial charge in [-0.15, -0.1) is 11.3 Å². The van der Waals surface area contributed by atoms with E-state index in [4.69, 9.17) is 5.26 Å². The van der Waals surface area contributed by atoms with Gasteiger partial charge >= 0.3 is 0 Å². The van der Waals surface area contributed by atoms with Crippen LogP contribution in [0.4, 0.5) is 0 Å². The topological polar surface area (TPSA) is 52.9 Å². The summed E-state index contributed by atoms with van der Waals surface area (Å²) < 4.78 is 0.954. The Morgan fingerprint density at radius 2 is 2.50 bits per heavy atom. The van der Waals surface area contributed by atoms with Crippen LogP contribution >= 0.6 is 27.3 Å². The first-order valence-corrected chi connectivity index (χ1v) is 6.48. The molecule has 0 bridgehead atoms. The van der Waals surface area contributed by atoms with Crippen LogP contribution in [0, 0.1) is 11.3 Å². The zero-order valence-corrected chi connectivity index (χ0v) is 11.2. The summed E-state index contributed by atoms with van der Waals surface area (Å²) in [4.78, 5) is 12.4. The molecule has 0 spiro atoms. The third kappa shape index (κ3) is 3.80. The molecule has 1 aromatic heterocycles. The quantitative estimate of drug-likeness (QED) is 0.686. The molecule has 0 saturated carbocycles. The molecule has 1 aromatic rings. The van der Waals surface area contributed by atoms with Crippen molar-refractivity contribution in [2.45, 2.75) is 13.3 Å². The van der Waals surface area contributed by atoms with E-state index in [1.165, 1.54) is 11.3 Å². The van der Waals surface area contributed by atoms with Gasteiger partial charge in [0.15, 0.2) is 0 Å². The van der Waals surface area contributed by atoms with Gasteiger partial charge in [0.25, 0.3) is 5.91 Å². The standard InChI is InChI=1S/C11H11BrN2OS/c1-2-3-14-11(15)8(6-13)4-10-5-9(12)7-16-10/h4-5,7H,2-3H2,1H3,(H,14,15)/b8-4-. The smallest absolute Gasteiger partial charge is 0.261 e. The number of nitriles is 1. The Balaban J connectivity index is 2.78. The zero-order chi connectivity index (χ0) is 12.0. The van der Waals surface area contributed by atoms with Crippen LogP contribution in [0.2, 0.25) is 0 Å². The SMILES string of the molecule is CCCNC(=O)/C(C#N)=C\c1cc(Br)cs1. The minimum absolute atomic E-state index is 0.141. The van der Waals surface area contributed by atoms with E-state index in [0.717, 1.165) is 15.8 Å². The van der Waals surface area contributed by atoms with E-state index in [0.29, 0.717) is 6.54 Å². The molecule has 5 heteroatoms. The van der Waals surface area contributed by atoms with Gasteiger partial charge in [-0.05, 0) is 34.5 Å². The molecule has 84 valence electrons. The van der Waals surface area contributed by atoms with Crippen molar-refractivity contribution in [3.05, 3.63) is 26.4 Å². The molecule has 0 fully saturated rings. The number of nitrogens with one attached hydrogen (secondary N) is 1. The van der Waals surface area contributed by atoms with Crippen molar-refractivity contribution in [1.82, 2.24) is 5.32 Å². The number of hydrogen-bond acceptors (Lipinski definition) is 3. The van der Waals surface area contributed by atoms with Crippen molar-refractivity contribution in [2.75, 3.05) is 6.54 Å². The highest BCUT2D eigenvalue weighted by Gasteiger charge is 2.08. The van der Waals surface area contributed by atoms with Gasteiger partial charge < -0.3 is 5.32 Å². The van der Waals surface area contributed by atoms with E-state index in [-0.39, 0.29) is 11.5 Å². The average molecular weight is 299 g/mol. The van der Waals surface area contributed by atoms with Gasteiger partial charge in [-0.2, -0.15) is 5.26 Å². The van der Waals surface area contributed by atoms with Crippen LogP contribution in [0.1, 0.15) is 18.2 Å². The highest BCUT2D eigenvalue weighted by atomic mass is 79.9. The van der Waals surface area contributed by atoms with Crippen molar-refractivity contribution < 1.29 is 4.79 Å². The van der Waals surface area contributed by atoms with Crippen LogP contribution in [-0.4, -0.2) is 12.5 Å². The molecule has 0 aliphatic heterocycles. The van der Waals surface area contributed by atoms with Crippen molar-refractivity contribution in [1.29, 1.82) is 5.26 Å². The molecule has 1 rings (SSSR count). The third-order valence-corrected chi connectivity index (χ3v) is 3.42. The summed E-state index contributed by atoms with van der Waals surface area (Å²) in [6.45, 7) is 2.55. The van der Waals surface area contributed by atoms with Crippen molar-refractivity contribution >= 4 is 39.2 Å². The van der Waals surface area contributed by atoms with E-state index < -0.39 is 0 Å². The molecule has 0 unspecified atom stereocenters. The van der Waals surface area contributed by atoms with E-state index in [2.05, 4.69) is 21.2 Å². The third-order valence-electron chi connectivity index (χ3n) is 1.77. The number of rotatable bonds is 4. The Morgan fingerprint density at radius 3 is 3.00 bits per heavy atom. The predicted octanol–water partition coefficient (Wildman–Crippen LogP) is 2.94. The van der Waals surface area contributed by atoms with Gasteiger partial charge in [0.05, 0.1) is 0 Å². The highest BCUT2D eigenvalue weighted by Crippen LogP contribution is 2.21. The number of carbonyl (C=O) groups excluding carboxylic acids is 1. The van der Waals surface area contributed by atoms with E-state index in [9.17, 15) is 4.79 Å². The summed E-state index contributed by atoms with van der Waals surface area (Å²) in [6, 6.07) is 3.78. The zero-order valence-electron chi connectivity index (χ0n) is 8.79. The number of nitrogens with zero attached hydrogens (tertiary/aromatic N) is 1. The van der Waals surface area contributed by atoms with E-state index in [1.54, 1.807) is 6.08 Å². The normalized spacial score (nSPS) is 10.9. The van der Waals surface area contributed by atoms with Gasteiger partial charge in [-0.1, -0.05) is 6.92 Å². The summed E-state index contributed by atoms with van der Waals surface area (Å²) in [5.41, 5.74) is 0.141. The summed E-state index contributed by atoms with van der Waals surface area (Å²) in [5.74, 6) is -0.311. The maximum atomic E-state index is 11.5. The van der Waals surface area contributed by atoms with Crippen LogP contribution in [-0.2, 0) is 4.79 Å². The van der Waals surface area contributed by atoms with Gasteiger partial charge in [0.2, 0.25) is 0 Å². The number of thiophene rings is 1. The van der Waals surface area contributed by atoms with E-state index in [1.807, 2.05) is 24.4 Å². The largest absolute Gasteiger partial charge is 0.351 e. The summed E-state index contributed by atoms with van der Waals surface area (Å²) >= 11 is 4.80. The fourth-order valence-electron chi connectivity index (χ4n) is 1.03. The minimum atomic E-state index is -0.311. The highest BCUT2D eigenvalue weighted by molar-refractivity contribution is 9.10. The molecule has 0 radical (unpaired) electrons. The van der Waals surface area contributed by atoms with Crippen molar-refractivity contribution in [3.8, 4) is 6.07 Å². The first kappa shape index (κ1) is 12.9. The van der Waals surface area contributed by atoms with Crippen LogP contribution < -0.4 is 5.32 Å². The molecule has 0 aromatic carbocycles. The first-order chi connectivity index (χ1) is 7.67. The Morgan fingerprint density at radius 1 is 1.75 bits per heavy atom. The monoisotopic (exact) mass is 298 g/mol. The van der Waals surface area contributed by atoms with Gasteiger partial charge in [0, 0.05) is 21.3 Å². The molecule has 0 aliphatic rings. The number of hydrogen-bond donors (Lipinski definition) is 1. The van der Waals surface area contributed by atoms with Crippen LogP contribution in [0.15, 0.2) is 21.5 Å². The van der Waals surface area contributed by atoms with Gasteiger partial charge in [-0.3, -0.25) is 4.79 Å². The summed E-state index contributed by atoms with van der Waals surface area (Å²) in [6.07, 6.45) is 2.45. The molecule has 3 nitrogen and oxygen atoms in total. The molecule has 0 aliphatic carbocycles. The number of halogens is 1. The Labute approximate surface area is 107 Å². The molecule has 1 amide bonds. The lowest BCUT2D eigenvalue weighted by molar-refractivity contribution is -0.117. The maximum Gasteiger partial charge on any atom is 0.261 e. The lowest BCUT2D eigenvalue weighted by atomic mass is 10.2. The van der Waals surface area contributed by atoms with Gasteiger partial charge in [-0.25, -0.2) is 0 Å². The molecule has 16 heavy (non-hydrogen) atoms. The molecule has 0 atom stereocenters. The Bertz CT molecular complexity index is 445. The fraction of sp³-hybridized carbons (Fsp3) is 0.273. The summed E-state index contributed by atoms with van der Waals surface area (Å²) in [7, 11) is 0. The molecule has 1 heterocycles. The molecule has 0 saturated heterocycles. The van der Waals surface area contributed by atoms with Crippen LogP contribution in [0.3, 0.4) is 0 Å². The lowest BCUT2D eigenvalue weighted by Crippen LogP contribution is -2.24. The molecular formula is C11H11BrN2OS. The second kappa shape index (κ2) is 6.46. The molecular weight excluding hydrogens is 288 g/mol. The number of carbonyl (C=O) groups is 1. The van der Waals surface area contributed by atoms with Crippen molar-refractivity contribution in [3.63, 3.8) is 0 Å². The fourth-order valence-corrected chi connectivity index (χ4v) is 2.40. The lowest BCUT2D eigenvalue weighted by Gasteiger charge is -2.00. The Kier molecular flexibility index (Phi) is 5.23. The van der Waals surface area contributed by atoms with Crippen LogP contribution in [0.25, 0.3) is 6.08 Å². The minimum Gasteiger partial charge on any atom is -0.351 e. The maximum absolute atomic E-state index is 11.5. The Hall–Kier alpha value is -1.12. The number of amides is 1. The second-order valence-electron chi connectivity index (χ2n) is 3.09. The van der Waals surface area contributed by atoms with E-state index >= 15 is 0 Å². The average Bonchev–Trinajstić information content (AvgIpc) is 2.68. The second-order valence-corrected chi connectivity index (χ2v) is 4.95.